The van der Waals surface area contributed by atoms with E-state index in [4.69, 9.17) is 0 Å². The van der Waals surface area contributed by atoms with Crippen LogP contribution in [0.4, 0.5) is 5.69 Å². The van der Waals surface area contributed by atoms with E-state index >= 15 is 0 Å². The van der Waals surface area contributed by atoms with Gasteiger partial charge in [0.1, 0.15) is 0 Å². The van der Waals surface area contributed by atoms with E-state index in [1.165, 1.54) is 10.4 Å². The van der Waals surface area contributed by atoms with Crippen molar-refractivity contribution in [2.45, 2.75) is 40.5 Å². The summed E-state index contributed by atoms with van der Waals surface area (Å²) in [4.78, 5) is 14.3. The van der Waals surface area contributed by atoms with Crippen molar-refractivity contribution < 1.29 is 4.79 Å². The van der Waals surface area contributed by atoms with Gasteiger partial charge >= 0.3 is 0 Å². The highest BCUT2D eigenvalue weighted by atomic mass is 16.2. The molecule has 0 aliphatic rings. The summed E-state index contributed by atoms with van der Waals surface area (Å²) in [7, 11) is 0. The molecule has 1 aromatic heterocycles. The number of anilines is 1. The van der Waals surface area contributed by atoms with Crippen molar-refractivity contribution >= 4 is 11.6 Å². The van der Waals surface area contributed by atoms with E-state index in [2.05, 4.69) is 35.4 Å². The molecule has 0 unspecified atom stereocenters. The molecule has 0 atom stereocenters. The van der Waals surface area contributed by atoms with E-state index < -0.39 is 0 Å². The van der Waals surface area contributed by atoms with Crippen molar-refractivity contribution in [1.29, 1.82) is 0 Å². The van der Waals surface area contributed by atoms with Crippen LogP contribution in [-0.2, 0) is 0 Å². The number of rotatable bonds is 4. The Morgan fingerprint density at radius 1 is 1.04 bits per heavy atom. The molecular formula is C21H24N4O. The van der Waals surface area contributed by atoms with Gasteiger partial charge in [-0.3, -0.25) is 4.79 Å². The second-order valence-electron chi connectivity index (χ2n) is 6.91. The van der Waals surface area contributed by atoms with E-state index in [-0.39, 0.29) is 5.91 Å². The van der Waals surface area contributed by atoms with Crippen LogP contribution in [-0.4, -0.2) is 20.9 Å². The molecule has 5 nitrogen and oxygen atoms in total. The van der Waals surface area contributed by atoms with Gasteiger partial charge in [-0.05, 0) is 49.9 Å². The number of nitrogens with one attached hydrogen (secondary N) is 1. The minimum absolute atomic E-state index is 0.244. The number of hydrogen-bond acceptors (Lipinski definition) is 3. The number of hydrogen-bond donors (Lipinski definition) is 1. The molecule has 0 radical (unpaired) electrons. The third-order valence-corrected chi connectivity index (χ3v) is 4.40. The van der Waals surface area contributed by atoms with Gasteiger partial charge in [0.2, 0.25) is 0 Å². The van der Waals surface area contributed by atoms with Gasteiger partial charge in [0.05, 0.1) is 11.4 Å². The average Bonchev–Trinajstić information content (AvgIpc) is 2.96. The van der Waals surface area contributed by atoms with Crippen LogP contribution in [0.5, 0.6) is 0 Å². The van der Waals surface area contributed by atoms with Crippen LogP contribution in [0.1, 0.15) is 52.6 Å². The minimum Gasteiger partial charge on any atom is -0.320 e. The van der Waals surface area contributed by atoms with Crippen LogP contribution >= 0.6 is 0 Å². The predicted octanol–water partition coefficient (Wildman–Crippen LogP) is 4.57. The highest BCUT2D eigenvalue weighted by Gasteiger charge is 2.18. The zero-order valence-electron chi connectivity index (χ0n) is 15.9. The fourth-order valence-corrected chi connectivity index (χ4v) is 3.02. The molecule has 0 bridgehead atoms. The Kier molecular flexibility index (Phi) is 4.89. The zero-order valence-corrected chi connectivity index (χ0v) is 15.9. The third-order valence-electron chi connectivity index (χ3n) is 4.40. The lowest BCUT2D eigenvalue weighted by Crippen LogP contribution is -2.15. The lowest BCUT2D eigenvalue weighted by atomic mass is 10.0. The van der Waals surface area contributed by atoms with Gasteiger partial charge in [-0.25, -0.2) is 0 Å². The van der Waals surface area contributed by atoms with Crippen molar-refractivity contribution in [3.05, 3.63) is 70.5 Å². The molecule has 1 N–H and O–H groups in total. The first-order valence-electron chi connectivity index (χ1n) is 8.78. The van der Waals surface area contributed by atoms with Crippen molar-refractivity contribution in [2.24, 2.45) is 0 Å². The summed E-state index contributed by atoms with van der Waals surface area (Å²) < 4.78 is 0. The lowest BCUT2D eigenvalue weighted by Gasteiger charge is -2.12. The first kappa shape index (κ1) is 17.9. The summed E-state index contributed by atoms with van der Waals surface area (Å²) in [5.74, 6) is 0.0742. The molecule has 1 heterocycles. The molecule has 0 spiro atoms. The number of aryl methyl sites for hydroxylation is 3. The molecule has 3 aromatic rings. The second-order valence-corrected chi connectivity index (χ2v) is 6.91. The van der Waals surface area contributed by atoms with Gasteiger partial charge in [0.25, 0.3) is 5.91 Å². The molecule has 5 heteroatoms. The van der Waals surface area contributed by atoms with Crippen LogP contribution in [0, 0.1) is 20.8 Å². The Balaban J connectivity index is 1.91. The lowest BCUT2D eigenvalue weighted by molar-refractivity contribution is 0.102. The number of nitrogens with zero attached hydrogens (tertiary/aromatic N) is 3. The van der Waals surface area contributed by atoms with Gasteiger partial charge < -0.3 is 5.32 Å². The van der Waals surface area contributed by atoms with E-state index in [0.717, 1.165) is 22.5 Å². The maximum absolute atomic E-state index is 12.8. The number of benzene rings is 2. The molecular weight excluding hydrogens is 324 g/mol. The topological polar surface area (TPSA) is 59.8 Å². The smallest absolute Gasteiger partial charge is 0.278 e. The summed E-state index contributed by atoms with van der Waals surface area (Å²) in [5, 5.41) is 11.9. The molecule has 0 fully saturated rings. The van der Waals surface area contributed by atoms with Crippen molar-refractivity contribution in [3.8, 4) is 5.69 Å². The first-order valence-corrected chi connectivity index (χ1v) is 8.78. The number of aromatic nitrogens is 3. The second kappa shape index (κ2) is 7.12. The van der Waals surface area contributed by atoms with E-state index in [1.54, 1.807) is 6.92 Å². The predicted molar refractivity (Wildman–Crippen MR) is 104 cm³/mol. The van der Waals surface area contributed by atoms with E-state index in [0.29, 0.717) is 17.3 Å². The Hall–Kier alpha value is -2.95. The quantitative estimate of drug-likeness (QED) is 0.751. The standard InChI is InChI=1S/C21H24N4O/c1-13(2)17-8-6-7-9-18(17)22-21(26)20-16(5)23-25(24-20)19-11-10-14(3)12-15(19)4/h6-13H,1-5H3,(H,22,26). The molecule has 2 aromatic carbocycles. The first-order chi connectivity index (χ1) is 12.4. The Bertz CT molecular complexity index is 956. The molecule has 0 saturated carbocycles. The van der Waals surface area contributed by atoms with Gasteiger partial charge in [0.15, 0.2) is 5.69 Å². The Labute approximate surface area is 154 Å². The minimum atomic E-state index is -0.244. The largest absolute Gasteiger partial charge is 0.320 e. The van der Waals surface area contributed by atoms with Crippen LogP contribution in [0.15, 0.2) is 42.5 Å². The van der Waals surface area contributed by atoms with Crippen molar-refractivity contribution in [3.63, 3.8) is 0 Å². The Morgan fingerprint density at radius 2 is 1.77 bits per heavy atom. The molecule has 3 rings (SSSR count). The summed E-state index contributed by atoms with van der Waals surface area (Å²) >= 11 is 0. The summed E-state index contributed by atoms with van der Waals surface area (Å²) in [5.41, 5.74) is 5.97. The number of carbonyl (C=O) groups excluding carboxylic acids is 1. The van der Waals surface area contributed by atoms with E-state index in [1.807, 2.05) is 50.2 Å². The van der Waals surface area contributed by atoms with Crippen LogP contribution in [0.3, 0.4) is 0 Å². The van der Waals surface area contributed by atoms with Gasteiger partial charge in [-0.1, -0.05) is 49.7 Å². The zero-order chi connectivity index (χ0) is 18.8. The van der Waals surface area contributed by atoms with Crippen LogP contribution < -0.4 is 5.32 Å². The Morgan fingerprint density at radius 3 is 2.46 bits per heavy atom. The SMILES string of the molecule is Cc1ccc(-n2nc(C)c(C(=O)Nc3ccccc3C(C)C)n2)c(C)c1. The highest BCUT2D eigenvalue weighted by Crippen LogP contribution is 2.24. The molecule has 0 aliphatic carbocycles. The van der Waals surface area contributed by atoms with Crippen molar-refractivity contribution in [1.82, 2.24) is 15.0 Å². The normalized spacial score (nSPS) is 11.0. The van der Waals surface area contributed by atoms with E-state index in [9.17, 15) is 4.79 Å². The average molecular weight is 348 g/mol. The van der Waals surface area contributed by atoms with Crippen molar-refractivity contribution in [2.75, 3.05) is 5.32 Å². The van der Waals surface area contributed by atoms with Gasteiger partial charge in [-0.15, -0.1) is 5.10 Å². The molecule has 26 heavy (non-hydrogen) atoms. The van der Waals surface area contributed by atoms with Crippen LogP contribution in [0.25, 0.3) is 5.69 Å². The monoisotopic (exact) mass is 348 g/mol. The number of para-hydroxylation sites is 1. The fourth-order valence-electron chi connectivity index (χ4n) is 3.02. The summed E-state index contributed by atoms with van der Waals surface area (Å²) in [6.45, 7) is 10.1. The number of carbonyl (C=O) groups is 1. The summed E-state index contributed by atoms with van der Waals surface area (Å²) in [6, 6.07) is 13.9. The van der Waals surface area contributed by atoms with Gasteiger partial charge in [0, 0.05) is 5.69 Å². The maximum Gasteiger partial charge on any atom is 0.278 e. The number of amides is 1. The molecule has 0 saturated heterocycles. The highest BCUT2D eigenvalue weighted by molar-refractivity contribution is 6.04. The molecule has 0 aliphatic heterocycles. The third kappa shape index (κ3) is 3.52. The molecule has 134 valence electrons. The summed E-state index contributed by atoms with van der Waals surface area (Å²) in [6.07, 6.45) is 0. The maximum atomic E-state index is 12.8. The fraction of sp³-hybridized carbons (Fsp3) is 0.286. The van der Waals surface area contributed by atoms with Crippen LogP contribution in [0.2, 0.25) is 0 Å². The van der Waals surface area contributed by atoms with Gasteiger partial charge in [-0.2, -0.15) is 9.90 Å². The molecule has 1 amide bonds.